The van der Waals surface area contributed by atoms with E-state index in [4.69, 9.17) is 28.4 Å². The third kappa shape index (κ3) is 15.1. The zero-order valence-electron chi connectivity index (χ0n) is 29.9. The highest BCUT2D eigenvalue weighted by molar-refractivity contribution is 9.10. The van der Waals surface area contributed by atoms with Gasteiger partial charge in [-0.3, -0.25) is 0 Å². The second-order valence-corrected chi connectivity index (χ2v) is 12.6. The molecular formula is C42H44Br2O8. The molecule has 0 amide bonds. The van der Waals surface area contributed by atoms with Crippen molar-refractivity contribution in [3.05, 3.63) is 116 Å². The first-order valence-electron chi connectivity index (χ1n) is 17.1. The maximum atomic E-state index is 12.2. The number of hydrogen-bond donors (Lipinski definition) is 0. The number of halogens is 2. The van der Waals surface area contributed by atoms with E-state index in [-0.39, 0.29) is 11.9 Å². The van der Waals surface area contributed by atoms with E-state index in [1.54, 1.807) is 26.0 Å². The quantitative estimate of drug-likeness (QED) is 0.0937. The van der Waals surface area contributed by atoms with Crippen LogP contribution in [-0.4, -0.2) is 63.8 Å². The lowest BCUT2D eigenvalue weighted by molar-refractivity contribution is -0.157. The van der Waals surface area contributed by atoms with Crippen LogP contribution in [-0.2, 0) is 41.4 Å². The lowest BCUT2D eigenvalue weighted by atomic mass is 10.1. The second kappa shape index (κ2) is 24.0. The van der Waals surface area contributed by atoms with Gasteiger partial charge in [0, 0.05) is 37.2 Å². The monoisotopic (exact) mass is 834 g/mol. The van der Waals surface area contributed by atoms with Crippen LogP contribution in [0.25, 0.3) is 0 Å². The SMILES string of the molecule is CCOC(=O)C(Cc1ccc(OC/C=C/C#Cc2ccc(C#C/C=C/COc3ccc(CC(OCC)C(=O)OCC)cc3Br)cc2)c(Br)c1)OCC. The Balaban J connectivity index is 1.42. The molecule has 0 aliphatic heterocycles. The van der Waals surface area contributed by atoms with E-state index < -0.39 is 12.2 Å². The normalized spacial score (nSPS) is 12.0. The molecule has 10 heteroatoms. The smallest absolute Gasteiger partial charge is 0.335 e. The van der Waals surface area contributed by atoms with E-state index in [9.17, 15) is 9.59 Å². The molecule has 0 aliphatic carbocycles. The van der Waals surface area contributed by atoms with Crippen LogP contribution >= 0.6 is 31.9 Å². The third-order valence-corrected chi connectivity index (χ3v) is 8.30. The van der Waals surface area contributed by atoms with Gasteiger partial charge in [-0.05, 0) is 144 Å². The molecule has 274 valence electrons. The highest BCUT2D eigenvalue weighted by Crippen LogP contribution is 2.28. The van der Waals surface area contributed by atoms with Gasteiger partial charge in [0.05, 0.1) is 22.2 Å². The Hall–Kier alpha value is -4.32. The van der Waals surface area contributed by atoms with Gasteiger partial charge in [0.25, 0.3) is 0 Å². The van der Waals surface area contributed by atoms with Gasteiger partial charge < -0.3 is 28.4 Å². The maximum absolute atomic E-state index is 12.2. The minimum absolute atomic E-state index is 0.313. The molecule has 0 saturated carbocycles. The van der Waals surface area contributed by atoms with E-state index in [2.05, 4.69) is 55.5 Å². The van der Waals surface area contributed by atoms with E-state index >= 15 is 0 Å². The summed E-state index contributed by atoms with van der Waals surface area (Å²) >= 11 is 7.10. The second-order valence-electron chi connectivity index (χ2n) is 10.9. The van der Waals surface area contributed by atoms with Gasteiger partial charge in [0.1, 0.15) is 24.7 Å². The van der Waals surface area contributed by atoms with Gasteiger partial charge in [-0.1, -0.05) is 35.8 Å². The van der Waals surface area contributed by atoms with E-state index in [0.717, 1.165) is 31.2 Å². The summed E-state index contributed by atoms with van der Waals surface area (Å²) in [6.45, 7) is 9.43. The van der Waals surface area contributed by atoms with Crippen molar-refractivity contribution in [3.63, 3.8) is 0 Å². The van der Waals surface area contributed by atoms with Crippen LogP contribution in [0.2, 0.25) is 0 Å². The summed E-state index contributed by atoms with van der Waals surface area (Å²) in [6.07, 6.45) is 6.74. The van der Waals surface area contributed by atoms with E-state index in [1.165, 1.54) is 0 Å². The molecule has 3 aromatic carbocycles. The number of hydrogen-bond acceptors (Lipinski definition) is 8. The zero-order valence-corrected chi connectivity index (χ0v) is 33.1. The van der Waals surface area contributed by atoms with Gasteiger partial charge in [-0.15, -0.1) is 0 Å². The fraction of sp³-hybridized carbons (Fsp3) is 0.333. The van der Waals surface area contributed by atoms with Crippen molar-refractivity contribution in [2.45, 2.75) is 52.7 Å². The van der Waals surface area contributed by atoms with Crippen molar-refractivity contribution in [3.8, 4) is 35.2 Å². The molecule has 0 N–H and O–H groups in total. The largest absolute Gasteiger partial charge is 0.488 e. The maximum Gasteiger partial charge on any atom is 0.335 e. The summed E-state index contributed by atoms with van der Waals surface area (Å²) in [5.74, 6) is 12.9. The molecule has 0 heterocycles. The molecule has 0 aliphatic rings. The van der Waals surface area contributed by atoms with Crippen molar-refractivity contribution in [2.24, 2.45) is 0 Å². The minimum Gasteiger partial charge on any atom is -0.488 e. The highest BCUT2D eigenvalue weighted by Gasteiger charge is 2.22. The molecular weight excluding hydrogens is 792 g/mol. The zero-order chi connectivity index (χ0) is 37.6. The molecule has 2 atom stereocenters. The van der Waals surface area contributed by atoms with Gasteiger partial charge in [-0.2, -0.15) is 0 Å². The van der Waals surface area contributed by atoms with Gasteiger partial charge in [0.15, 0.2) is 12.2 Å². The molecule has 0 fully saturated rings. The average molecular weight is 837 g/mol. The molecule has 0 aromatic heterocycles. The first kappa shape index (κ1) is 42.1. The van der Waals surface area contributed by atoms with Gasteiger partial charge in [0.2, 0.25) is 0 Å². The molecule has 0 spiro atoms. The third-order valence-electron chi connectivity index (χ3n) is 7.06. The van der Waals surface area contributed by atoms with Crippen LogP contribution in [0.5, 0.6) is 11.5 Å². The van der Waals surface area contributed by atoms with Crippen molar-refractivity contribution in [2.75, 3.05) is 39.6 Å². The predicted molar refractivity (Wildman–Crippen MR) is 209 cm³/mol. The fourth-order valence-electron chi connectivity index (χ4n) is 4.68. The number of carbonyl (C=O) groups excluding carboxylic acids is 2. The van der Waals surface area contributed by atoms with Crippen LogP contribution in [0.4, 0.5) is 0 Å². The summed E-state index contributed by atoms with van der Waals surface area (Å²) in [6, 6.07) is 19.1. The molecule has 0 bridgehead atoms. The van der Waals surface area contributed by atoms with Crippen molar-refractivity contribution < 1.29 is 38.0 Å². The van der Waals surface area contributed by atoms with Gasteiger partial charge in [-0.25, -0.2) is 9.59 Å². The number of esters is 2. The Bertz CT molecular complexity index is 1650. The van der Waals surface area contributed by atoms with Crippen molar-refractivity contribution in [1.29, 1.82) is 0 Å². The standard InChI is InChI=1S/C42H44Br2O8/c1-5-47-39(41(45)49-7-3)29-33-21-23-37(35(43)27-33)51-25-13-9-11-15-31-17-19-32(20-18-31)16-12-10-14-26-52-38-24-22-34(28-36(38)44)30-40(48-6-2)42(46)50-8-4/h9-10,13-14,17-24,27-28,39-40H,5-8,25-26,29-30H2,1-4H3/b13-9+,14-10+. The van der Waals surface area contributed by atoms with Crippen LogP contribution in [0, 0.1) is 23.7 Å². The molecule has 2 unspecified atom stereocenters. The average Bonchev–Trinajstić information content (AvgIpc) is 3.13. The Morgan fingerprint density at radius 3 is 1.37 bits per heavy atom. The topological polar surface area (TPSA) is 89.5 Å². The molecule has 3 rings (SSSR count). The van der Waals surface area contributed by atoms with Crippen LogP contribution in [0.1, 0.15) is 49.9 Å². The first-order valence-corrected chi connectivity index (χ1v) is 18.7. The predicted octanol–water partition coefficient (Wildman–Crippen LogP) is 8.21. The van der Waals surface area contributed by atoms with Crippen molar-refractivity contribution >= 4 is 43.8 Å². The Kier molecular flexibility index (Phi) is 19.4. The Morgan fingerprint density at radius 2 is 1.02 bits per heavy atom. The summed E-state index contributed by atoms with van der Waals surface area (Å²) in [4.78, 5) is 24.3. The van der Waals surface area contributed by atoms with Crippen molar-refractivity contribution in [1.82, 2.24) is 0 Å². The van der Waals surface area contributed by atoms with E-state index in [0.29, 0.717) is 64.0 Å². The Labute approximate surface area is 324 Å². The molecule has 0 saturated heterocycles. The molecule has 52 heavy (non-hydrogen) atoms. The van der Waals surface area contributed by atoms with E-state index in [1.807, 2.05) is 86.7 Å². The summed E-state index contributed by atoms with van der Waals surface area (Å²) in [5, 5.41) is 0. The lowest BCUT2D eigenvalue weighted by Gasteiger charge is -2.16. The lowest BCUT2D eigenvalue weighted by Crippen LogP contribution is -2.29. The molecule has 8 nitrogen and oxygen atoms in total. The number of allylic oxidation sites excluding steroid dienone is 2. The molecule has 0 radical (unpaired) electrons. The fourth-order valence-corrected chi connectivity index (χ4v) is 5.76. The minimum atomic E-state index is -0.642. The molecule has 3 aromatic rings. The summed E-state index contributed by atoms with van der Waals surface area (Å²) in [5.41, 5.74) is 3.61. The summed E-state index contributed by atoms with van der Waals surface area (Å²) < 4.78 is 34.6. The van der Waals surface area contributed by atoms with Crippen LogP contribution in [0.15, 0.2) is 93.9 Å². The number of rotatable bonds is 18. The number of ether oxygens (including phenoxy) is 6. The van der Waals surface area contributed by atoms with Crippen LogP contribution in [0.3, 0.4) is 0 Å². The number of carbonyl (C=O) groups is 2. The first-order chi connectivity index (χ1) is 25.3. The van der Waals surface area contributed by atoms with Crippen LogP contribution < -0.4 is 9.47 Å². The van der Waals surface area contributed by atoms with Gasteiger partial charge >= 0.3 is 11.9 Å². The number of benzene rings is 3. The summed E-state index contributed by atoms with van der Waals surface area (Å²) in [7, 11) is 0. The highest BCUT2D eigenvalue weighted by atomic mass is 79.9. The Morgan fingerprint density at radius 1 is 0.615 bits per heavy atom.